The maximum Gasteiger partial charge on any atom is 0.336 e. The molecule has 3 aromatic rings. The molecule has 1 atom stereocenters. The summed E-state index contributed by atoms with van der Waals surface area (Å²) in [5, 5.41) is 2.81. The minimum absolute atomic E-state index is 0.0889. The monoisotopic (exact) mass is 486 g/mol. The minimum Gasteiger partial charge on any atom is -0.467 e. The van der Waals surface area contributed by atoms with E-state index in [-0.39, 0.29) is 17.2 Å². The Balaban J connectivity index is 1.84. The van der Waals surface area contributed by atoms with E-state index in [9.17, 15) is 18.0 Å². The molecule has 1 aromatic heterocycles. The fraction of sp³-hybridized carbons (Fsp3) is 0.375. The summed E-state index contributed by atoms with van der Waals surface area (Å²) in [6.45, 7) is 4.18. The van der Waals surface area contributed by atoms with Crippen LogP contribution in [0.15, 0.2) is 53.4 Å². The highest BCUT2D eigenvalue weighted by atomic mass is 32.2. The van der Waals surface area contributed by atoms with Gasteiger partial charge in [0.1, 0.15) is 5.82 Å². The average Bonchev–Trinajstić information content (AvgIpc) is 3.19. The highest BCUT2D eigenvalue weighted by Gasteiger charge is 2.37. The van der Waals surface area contributed by atoms with Gasteiger partial charge in [0, 0.05) is 33.5 Å². The normalized spacial score (nSPS) is 13.6. The lowest BCUT2D eigenvalue weighted by Crippen LogP contribution is -2.50. The number of rotatable bonds is 9. The third-order valence-electron chi connectivity index (χ3n) is 5.80. The largest absolute Gasteiger partial charge is 0.467 e. The number of ether oxygens (including phenoxy) is 1. The minimum atomic E-state index is -3.59. The van der Waals surface area contributed by atoms with E-state index in [0.29, 0.717) is 29.9 Å². The number of hydrogen-bond acceptors (Lipinski definition) is 6. The fourth-order valence-electron chi connectivity index (χ4n) is 3.86. The standard InChI is InChI=1S/C24H30N4O5S/c1-6-28-20-13-12-18(34(31,32)27(3)4)16-19(20)25-21(28)14-15-22(29)26-24(2,23(30)33-5)17-10-8-7-9-11-17/h7-13,16H,6,14-15H2,1-5H3,(H,26,29). The highest BCUT2D eigenvalue weighted by molar-refractivity contribution is 7.89. The highest BCUT2D eigenvalue weighted by Crippen LogP contribution is 2.24. The predicted octanol–water partition coefficient (Wildman–Crippen LogP) is 2.44. The molecular weight excluding hydrogens is 456 g/mol. The molecule has 0 aliphatic carbocycles. The molecule has 0 bridgehead atoms. The Morgan fingerprint density at radius 2 is 1.82 bits per heavy atom. The van der Waals surface area contributed by atoms with Crippen LogP contribution in [-0.2, 0) is 42.9 Å². The molecule has 10 heteroatoms. The Morgan fingerprint density at radius 3 is 2.41 bits per heavy atom. The van der Waals surface area contributed by atoms with Crippen LogP contribution in [0, 0.1) is 0 Å². The number of methoxy groups -OCH3 is 1. The molecule has 0 aliphatic heterocycles. The van der Waals surface area contributed by atoms with E-state index in [1.807, 2.05) is 17.6 Å². The smallest absolute Gasteiger partial charge is 0.336 e. The topological polar surface area (TPSA) is 111 Å². The summed E-state index contributed by atoms with van der Waals surface area (Å²) in [5.74, 6) is -0.239. The Hall–Kier alpha value is -3.24. The molecule has 0 fully saturated rings. The van der Waals surface area contributed by atoms with E-state index in [4.69, 9.17) is 4.74 Å². The summed E-state index contributed by atoms with van der Waals surface area (Å²) >= 11 is 0. The number of carbonyl (C=O) groups is 2. The molecule has 0 saturated heterocycles. The van der Waals surface area contributed by atoms with E-state index in [2.05, 4.69) is 10.3 Å². The number of hydrogen-bond donors (Lipinski definition) is 1. The average molecular weight is 487 g/mol. The van der Waals surface area contributed by atoms with Crippen molar-refractivity contribution >= 4 is 32.9 Å². The molecule has 3 rings (SSSR count). The molecule has 1 amide bonds. The van der Waals surface area contributed by atoms with Crippen molar-refractivity contribution in [1.82, 2.24) is 19.2 Å². The molecule has 2 aromatic carbocycles. The van der Waals surface area contributed by atoms with Crippen LogP contribution in [0.1, 0.15) is 31.7 Å². The second-order valence-corrected chi connectivity index (χ2v) is 10.4. The quantitative estimate of drug-likeness (QED) is 0.465. The van der Waals surface area contributed by atoms with Crippen LogP contribution >= 0.6 is 0 Å². The lowest BCUT2D eigenvalue weighted by atomic mass is 9.91. The third-order valence-corrected chi connectivity index (χ3v) is 7.61. The van der Waals surface area contributed by atoms with Crippen molar-refractivity contribution in [2.45, 2.75) is 43.7 Å². The molecule has 0 spiro atoms. The van der Waals surface area contributed by atoms with Gasteiger partial charge in [-0.15, -0.1) is 0 Å². The maximum atomic E-state index is 12.9. The number of benzene rings is 2. The Labute approximate surface area is 199 Å². The Kier molecular flexibility index (Phi) is 7.42. The lowest BCUT2D eigenvalue weighted by Gasteiger charge is -2.28. The Bertz CT molecular complexity index is 1300. The van der Waals surface area contributed by atoms with Crippen molar-refractivity contribution in [2.75, 3.05) is 21.2 Å². The molecule has 1 heterocycles. The molecule has 1 unspecified atom stereocenters. The van der Waals surface area contributed by atoms with Gasteiger partial charge in [0.2, 0.25) is 15.9 Å². The Morgan fingerprint density at radius 1 is 1.15 bits per heavy atom. The van der Waals surface area contributed by atoms with Crippen molar-refractivity contribution in [1.29, 1.82) is 0 Å². The number of sulfonamides is 1. The summed E-state index contributed by atoms with van der Waals surface area (Å²) in [4.78, 5) is 30.1. The first-order valence-corrected chi connectivity index (χ1v) is 12.3. The molecule has 1 N–H and O–H groups in total. The molecule has 0 aliphatic rings. The second-order valence-electron chi connectivity index (χ2n) is 8.24. The summed E-state index contributed by atoms with van der Waals surface area (Å²) in [6, 6.07) is 13.8. The van der Waals surface area contributed by atoms with Gasteiger partial charge in [-0.2, -0.15) is 0 Å². The van der Waals surface area contributed by atoms with Crippen LogP contribution in [0.3, 0.4) is 0 Å². The molecular formula is C24H30N4O5S. The number of aromatic nitrogens is 2. The van der Waals surface area contributed by atoms with E-state index < -0.39 is 21.5 Å². The fourth-order valence-corrected chi connectivity index (χ4v) is 4.78. The molecule has 9 nitrogen and oxygen atoms in total. The van der Waals surface area contributed by atoms with Crippen molar-refractivity contribution < 1.29 is 22.7 Å². The maximum absolute atomic E-state index is 12.9. The van der Waals surface area contributed by atoms with Crippen molar-refractivity contribution in [3.05, 3.63) is 59.9 Å². The number of imidazole rings is 1. The number of aryl methyl sites for hydroxylation is 2. The van der Waals surface area contributed by atoms with Crippen LogP contribution in [0.5, 0.6) is 0 Å². The molecule has 182 valence electrons. The second kappa shape index (κ2) is 9.94. The zero-order valence-electron chi connectivity index (χ0n) is 20.0. The zero-order valence-corrected chi connectivity index (χ0v) is 20.8. The van der Waals surface area contributed by atoms with Crippen LogP contribution in [0.2, 0.25) is 0 Å². The van der Waals surface area contributed by atoms with Gasteiger partial charge in [0.25, 0.3) is 0 Å². The van der Waals surface area contributed by atoms with E-state index in [1.165, 1.54) is 21.2 Å². The van der Waals surface area contributed by atoms with Gasteiger partial charge in [-0.3, -0.25) is 4.79 Å². The SMILES string of the molecule is CCn1c(CCC(=O)NC(C)(C(=O)OC)c2ccccc2)nc2cc(S(=O)(=O)N(C)C)ccc21. The first-order chi connectivity index (χ1) is 16.0. The molecule has 0 radical (unpaired) electrons. The van der Waals surface area contributed by atoms with Gasteiger partial charge >= 0.3 is 5.97 Å². The number of fused-ring (bicyclic) bond motifs is 1. The van der Waals surface area contributed by atoms with Crippen molar-refractivity contribution in [3.8, 4) is 0 Å². The van der Waals surface area contributed by atoms with Crippen LogP contribution in [0.25, 0.3) is 11.0 Å². The summed E-state index contributed by atoms with van der Waals surface area (Å²) < 4.78 is 33.0. The van der Waals surface area contributed by atoms with Crippen LogP contribution in [-0.4, -0.2) is 55.4 Å². The number of nitrogens with one attached hydrogen (secondary N) is 1. The van der Waals surface area contributed by atoms with Gasteiger partial charge in [-0.1, -0.05) is 30.3 Å². The van der Waals surface area contributed by atoms with Gasteiger partial charge in [0.05, 0.1) is 23.0 Å². The summed E-state index contributed by atoms with van der Waals surface area (Å²) in [7, 11) is 0.652. The number of esters is 1. The number of amides is 1. The van der Waals surface area contributed by atoms with Crippen LogP contribution in [0.4, 0.5) is 0 Å². The van der Waals surface area contributed by atoms with Gasteiger partial charge < -0.3 is 14.6 Å². The predicted molar refractivity (Wildman–Crippen MR) is 129 cm³/mol. The zero-order chi connectivity index (χ0) is 25.1. The van der Waals surface area contributed by atoms with E-state index >= 15 is 0 Å². The summed E-state index contributed by atoms with van der Waals surface area (Å²) in [5.41, 5.74) is 0.627. The lowest BCUT2D eigenvalue weighted by molar-refractivity contribution is -0.150. The molecule has 0 saturated carbocycles. The van der Waals surface area contributed by atoms with E-state index in [0.717, 1.165) is 9.82 Å². The summed E-state index contributed by atoms with van der Waals surface area (Å²) in [6.07, 6.45) is 0.405. The van der Waals surface area contributed by atoms with E-state index in [1.54, 1.807) is 49.4 Å². The van der Waals surface area contributed by atoms with Gasteiger partial charge in [0.15, 0.2) is 5.54 Å². The number of nitrogens with zero attached hydrogens (tertiary/aromatic N) is 3. The first kappa shape index (κ1) is 25.4. The van der Waals surface area contributed by atoms with Crippen molar-refractivity contribution in [3.63, 3.8) is 0 Å². The van der Waals surface area contributed by atoms with Crippen LogP contribution < -0.4 is 5.32 Å². The third kappa shape index (κ3) is 4.83. The first-order valence-electron chi connectivity index (χ1n) is 10.9. The molecule has 34 heavy (non-hydrogen) atoms. The van der Waals surface area contributed by atoms with Gasteiger partial charge in [-0.25, -0.2) is 22.5 Å². The van der Waals surface area contributed by atoms with Gasteiger partial charge in [-0.05, 0) is 37.6 Å². The number of carbonyl (C=O) groups excluding carboxylic acids is 2. The van der Waals surface area contributed by atoms with Crippen molar-refractivity contribution in [2.24, 2.45) is 0 Å².